The van der Waals surface area contributed by atoms with Crippen molar-refractivity contribution in [2.45, 2.75) is 31.7 Å². The van der Waals surface area contributed by atoms with Crippen LogP contribution in [0.15, 0.2) is 23.1 Å². The van der Waals surface area contributed by atoms with E-state index in [1.165, 1.54) is 0 Å². The number of hydrogen-bond acceptors (Lipinski definition) is 3. The molecule has 0 saturated heterocycles. The van der Waals surface area contributed by atoms with Crippen LogP contribution in [0.5, 0.6) is 0 Å². The van der Waals surface area contributed by atoms with Crippen molar-refractivity contribution >= 4 is 9.84 Å². The fraction of sp³-hybridized carbons (Fsp3) is 0.500. The lowest BCUT2D eigenvalue weighted by atomic mass is 9.89. The van der Waals surface area contributed by atoms with Crippen LogP contribution in [0, 0.1) is 17.0 Å². The van der Waals surface area contributed by atoms with Gasteiger partial charge in [0.05, 0.1) is 10.6 Å². The lowest BCUT2D eigenvalue weighted by molar-refractivity contribution is 0.340. The number of rotatable bonds is 3. The molecule has 1 aromatic carbocycles. The molecule has 1 rings (SSSR count). The highest BCUT2D eigenvalue weighted by molar-refractivity contribution is 7.91. The van der Waals surface area contributed by atoms with Gasteiger partial charge in [-0.2, -0.15) is 0 Å². The molecule has 2 N–H and O–H groups in total. The number of hydrogen-bond donors (Lipinski definition) is 1. The molecule has 0 amide bonds. The first-order valence-electron chi connectivity index (χ1n) is 5.47. The van der Waals surface area contributed by atoms with Crippen LogP contribution in [-0.4, -0.2) is 20.2 Å². The standard InChI is InChI=1S/C12H17F2NO2S/c1-12(2,3)11(15)7-18(16,17)8-4-5-9(13)10(14)6-8/h4-6,11H,7,15H2,1-3H3. The summed E-state index contributed by atoms with van der Waals surface area (Å²) in [5, 5.41) is 0. The number of benzene rings is 1. The molecule has 102 valence electrons. The first-order chi connectivity index (χ1) is 8.04. The summed E-state index contributed by atoms with van der Waals surface area (Å²) in [6, 6.07) is 1.93. The molecule has 0 fully saturated rings. The highest BCUT2D eigenvalue weighted by atomic mass is 32.2. The lowest BCUT2D eigenvalue weighted by Gasteiger charge is -2.26. The van der Waals surface area contributed by atoms with Crippen molar-refractivity contribution in [2.24, 2.45) is 11.1 Å². The van der Waals surface area contributed by atoms with Gasteiger partial charge in [-0.05, 0) is 23.6 Å². The molecule has 0 aliphatic heterocycles. The average molecular weight is 277 g/mol. The number of nitrogens with two attached hydrogens (primary N) is 1. The fourth-order valence-corrected chi connectivity index (χ4v) is 2.98. The maximum Gasteiger partial charge on any atom is 0.180 e. The predicted molar refractivity (Wildman–Crippen MR) is 65.8 cm³/mol. The second-order valence-electron chi connectivity index (χ2n) is 5.33. The zero-order valence-electron chi connectivity index (χ0n) is 10.6. The Morgan fingerprint density at radius 2 is 1.78 bits per heavy atom. The van der Waals surface area contributed by atoms with E-state index in [2.05, 4.69) is 0 Å². The molecule has 0 radical (unpaired) electrons. The average Bonchev–Trinajstić information content (AvgIpc) is 2.19. The molecule has 18 heavy (non-hydrogen) atoms. The third-order valence-electron chi connectivity index (χ3n) is 2.76. The molecule has 0 spiro atoms. The van der Waals surface area contributed by atoms with Crippen LogP contribution in [0.1, 0.15) is 20.8 Å². The molecule has 1 atom stereocenters. The Bertz CT molecular complexity index is 535. The van der Waals surface area contributed by atoms with Gasteiger partial charge in [-0.1, -0.05) is 20.8 Å². The Morgan fingerprint density at radius 1 is 1.22 bits per heavy atom. The smallest absolute Gasteiger partial charge is 0.180 e. The van der Waals surface area contributed by atoms with Crippen molar-refractivity contribution in [3.8, 4) is 0 Å². The molecule has 0 heterocycles. The summed E-state index contributed by atoms with van der Waals surface area (Å²) in [5.74, 6) is -2.56. The van der Waals surface area contributed by atoms with Crippen LogP contribution in [0.3, 0.4) is 0 Å². The SMILES string of the molecule is CC(C)(C)C(N)CS(=O)(=O)c1ccc(F)c(F)c1. The Balaban J connectivity index is 3.04. The van der Waals surface area contributed by atoms with Gasteiger partial charge in [0.2, 0.25) is 0 Å². The summed E-state index contributed by atoms with van der Waals surface area (Å²) in [5.41, 5.74) is 5.41. The summed E-state index contributed by atoms with van der Waals surface area (Å²) in [4.78, 5) is -0.249. The molecule has 0 saturated carbocycles. The highest BCUT2D eigenvalue weighted by Crippen LogP contribution is 2.22. The van der Waals surface area contributed by atoms with Crippen molar-refractivity contribution < 1.29 is 17.2 Å². The Kier molecular flexibility index (Phi) is 4.12. The van der Waals surface area contributed by atoms with Crippen molar-refractivity contribution in [3.05, 3.63) is 29.8 Å². The van der Waals surface area contributed by atoms with E-state index in [1.807, 2.05) is 20.8 Å². The maximum atomic E-state index is 13.0. The van der Waals surface area contributed by atoms with E-state index in [4.69, 9.17) is 5.73 Å². The molecule has 0 aromatic heterocycles. The largest absolute Gasteiger partial charge is 0.326 e. The van der Waals surface area contributed by atoms with Gasteiger partial charge in [-0.25, -0.2) is 17.2 Å². The Morgan fingerprint density at radius 3 is 2.22 bits per heavy atom. The Hall–Kier alpha value is -1.01. The topological polar surface area (TPSA) is 60.2 Å². The minimum Gasteiger partial charge on any atom is -0.326 e. The molecule has 0 aliphatic rings. The van der Waals surface area contributed by atoms with Gasteiger partial charge < -0.3 is 5.73 Å². The lowest BCUT2D eigenvalue weighted by Crippen LogP contribution is -2.41. The van der Waals surface area contributed by atoms with Crippen LogP contribution in [0.25, 0.3) is 0 Å². The summed E-state index contributed by atoms with van der Waals surface area (Å²) >= 11 is 0. The molecule has 1 unspecified atom stereocenters. The zero-order valence-corrected chi connectivity index (χ0v) is 11.4. The summed E-state index contributed by atoms with van der Waals surface area (Å²) in [6.07, 6.45) is 0. The number of sulfone groups is 1. The van der Waals surface area contributed by atoms with Gasteiger partial charge in [0, 0.05) is 6.04 Å². The first kappa shape index (κ1) is 15.0. The predicted octanol–water partition coefficient (Wildman–Crippen LogP) is 2.11. The van der Waals surface area contributed by atoms with E-state index in [-0.39, 0.29) is 16.1 Å². The van der Waals surface area contributed by atoms with Gasteiger partial charge in [0.1, 0.15) is 0 Å². The second-order valence-corrected chi connectivity index (χ2v) is 7.36. The van der Waals surface area contributed by atoms with E-state index in [9.17, 15) is 17.2 Å². The minimum absolute atomic E-state index is 0.249. The van der Waals surface area contributed by atoms with Crippen molar-refractivity contribution in [1.82, 2.24) is 0 Å². The van der Waals surface area contributed by atoms with Crippen molar-refractivity contribution in [1.29, 1.82) is 0 Å². The molecule has 3 nitrogen and oxygen atoms in total. The number of halogens is 2. The van der Waals surface area contributed by atoms with E-state index in [0.717, 1.165) is 12.1 Å². The molecular formula is C12H17F2NO2S. The summed E-state index contributed by atoms with van der Waals surface area (Å²) in [7, 11) is -3.71. The van der Waals surface area contributed by atoms with Crippen molar-refractivity contribution in [3.63, 3.8) is 0 Å². The third kappa shape index (κ3) is 3.49. The minimum atomic E-state index is -3.71. The first-order valence-corrected chi connectivity index (χ1v) is 7.12. The monoisotopic (exact) mass is 277 g/mol. The summed E-state index contributed by atoms with van der Waals surface area (Å²) in [6.45, 7) is 5.45. The normalized spacial score (nSPS) is 14.6. The molecule has 1 aromatic rings. The second kappa shape index (κ2) is 4.93. The van der Waals surface area contributed by atoms with Crippen molar-refractivity contribution in [2.75, 3.05) is 5.75 Å². The molecule has 0 aliphatic carbocycles. The van der Waals surface area contributed by atoms with Gasteiger partial charge in [-0.3, -0.25) is 0 Å². The van der Waals surface area contributed by atoms with Crippen LogP contribution >= 0.6 is 0 Å². The molecule has 6 heteroatoms. The van der Waals surface area contributed by atoms with E-state index in [1.54, 1.807) is 0 Å². The van der Waals surface area contributed by atoms with Crippen LogP contribution < -0.4 is 5.73 Å². The quantitative estimate of drug-likeness (QED) is 0.861. The van der Waals surface area contributed by atoms with Gasteiger partial charge in [-0.15, -0.1) is 0 Å². The third-order valence-corrected chi connectivity index (χ3v) is 4.53. The van der Waals surface area contributed by atoms with Gasteiger partial charge >= 0.3 is 0 Å². The Labute approximate surface area is 106 Å². The maximum absolute atomic E-state index is 13.0. The highest BCUT2D eigenvalue weighted by Gasteiger charge is 2.27. The van der Waals surface area contributed by atoms with E-state index in [0.29, 0.717) is 6.07 Å². The van der Waals surface area contributed by atoms with Crippen LogP contribution in [-0.2, 0) is 9.84 Å². The molecule has 0 bridgehead atoms. The van der Waals surface area contributed by atoms with E-state index >= 15 is 0 Å². The zero-order chi connectivity index (χ0) is 14.1. The van der Waals surface area contributed by atoms with E-state index < -0.39 is 27.5 Å². The van der Waals surface area contributed by atoms with Gasteiger partial charge in [0.15, 0.2) is 21.5 Å². The van der Waals surface area contributed by atoms with Crippen LogP contribution in [0.2, 0.25) is 0 Å². The van der Waals surface area contributed by atoms with Crippen LogP contribution in [0.4, 0.5) is 8.78 Å². The van der Waals surface area contributed by atoms with Gasteiger partial charge in [0.25, 0.3) is 0 Å². The summed E-state index contributed by atoms with van der Waals surface area (Å²) < 4.78 is 49.7. The fourth-order valence-electron chi connectivity index (χ4n) is 1.25. The molecular weight excluding hydrogens is 260 g/mol.